The zero-order chi connectivity index (χ0) is 14.4. The molecule has 0 spiro atoms. The average Bonchev–Trinajstić information content (AvgIpc) is 3.18. The van der Waals surface area contributed by atoms with Crippen LogP contribution in [-0.4, -0.2) is 25.2 Å². The van der Waals surface area contributed by atoms with Gasteiger partial charge in [0.25, 0.3) is 0 Å². The van der Waals surface area contributed by atoms with Gasteiger partial charge in [0.05, 0.1) is 5.52 Å². The third kappa shape index (κ3) is 2.25. The van der Waals surface area contributed by atoms with Crippen LogP contribution in [0.25, 0.3) is 11.0 Å². The summed E-state index contributed by atoms with van der Waals surface area (Å²) in [5.41, 5.74) is 5.14. The highest BCUT2D eigenvalue weighted by molar-refractivity contribution is 6.30. The molecule has 0 amide bonds. The van der Waals surface area contributed by atoms with Gasteiger partial charge < -0.3 is 5.32 Å². The zero-order valence-corrected chi connectivity index (χ0v) is 12.4. The van der Waals surface area contributed by atoms with Gasteiger partial charge >= 0.3 is 0 Å². The molecule has 7 heteroatoms. The van der Waals surface area contributed by atoms with E-state index in [0.29, 0.717) is 17.6 Å². The topological polar surface area (TPSA) is 71.4 Å². The third-order valence-corrected chi connectivity index (χ3v) is 4.23. The number of nitrogens with zero attached hydrogens (tertiary/aromatic N) is 4. The number of halogens is 1. The van der Waals surface area contributed by atoms with Gasteiger partial charge in [-0.2, -0.15) is 5.10 Å². The van der Waals surface area contributed by atoms with Crippen molar-refractivity contribution in [3.8, 4) is 0 Å². The molecule has 1 aromatic carbocycles. The van der Waals surface area contributed by atoms with E-state index in [0.717, 1.165) is 22.3 Å². The molecular formula is C14H15ClN6. The number of aryl methyl sites for hydroxylation is 1. The third-order valence-electron chi connectivity index (χ3n) is 3.91. The molecule has 1 aliphatic rings. The van der Waals surface area contributed by atoms with Crippen LogP contribution in [0, 0.1) is 0 Å². The van der Waals surface area contributed by atoms with Crippen LogP contribution in [0.15, 0.2) is 18.2 Å². The monoisotopic (exact) mass is 302 g/mol. The summed E-state index contributed by atoms with van der Waals surface area (Å²) in [6.07, 6.45) is 2.44. The minimum atomic E-state index is 0.560. The molecule has 1 fully saturated rings. The van der Waals surface area contributed by atoms with Crippen LogP contribution < -0.4 is 5.32 Å². The van der Waals surface area contributed by atoms with Gasteiger partial charge in [-0.15, -0.1) is 5.10 Å². The predicted molar refractivity (Wildman–Crippen MR) is 81.4 cm³/mol. The van der Waals surface area contributed by atoms with E-state index in [-0.39, 0.29) is 0 Å². The normalized spacial score (nSPS) is 14.8. The van der Waals surface area contributed by atoms with Crippen molar-refractivity contribution in [1.82, 2.24) is 25.2 Å². The first-order valence-electron chi connectivity index (χ1n) is 6.98. The number of aromatic amines is 1. The molecule has 21 heavy (non-hydrogen) atoms. The lowest BCUT2D eigenvalue weighted by Crippen LogP contribution is -2.01. The van der Waals surface area contributed by atoms with E-state index >= 15 is 0 Å². The quantitative estimate of drug-likeness (QED) is 0.777. The molecule has 0 radical (unpaired) electrons. The Morgan fingerprint density at radius 3 is 3.10 bits per heavy atom. The second-order valence-electron chi connectivity index (χ2n) is 5.45. The van der Waals surface area contributed by atoms with Gasteiger partial charge in [-0.1, -0.05) is 16.8 Å². The van der Waals surface area contributed by atoms with Crippen LogP contribution in [0.3, 0.4) is 0 Å². The molecule has 1 aliphatic carbocycles. The number of benzene rings is 1. The smallest absolute Gasteiger partial charge is 0.156 e. The lowest BCUT2D eigenvalue weighted by Gasteiger charge is -2.07. The van der Waals surface area contributed by atoms with E-state index in [9.17, 15) is 0 Å². The molecule has 0 aliphatic heterocycles. The van der Waals surface area contributed by atoms with E-state index in [4.69, 9.17) is 11.6 Å². The van der Waals surface area contributed by atoms with Gasteiger partial charge in [-0.25, -0.2) is 4.68 Å². The first-order valence-corrected chi connectivity index (χ1v) is 7.36. The minimum Gasteiger partial charge on any atom is -0.381 e. The summed E-state index contributed by atoms with van der Waals surface area (Å²) < 4.78 is 1.76. The molecule has 2 N–H and O–H groups in total. The van der Waals surface area contributed by atoms with Crippen molar-refractivity contribution in [3.05, 3.63) is 34.6 Å². The number of rotatable bonds is 4. The molecule has 108 valence electrons. The number of nitrogens with one attached hydrogen (secondary N) is 2. The van der Waals surface area contributed by atoms with Gasteiger partial charge in [-0.05, 0) is 31.0 Å². The van der Waals surface area contributed by atoms with E-state index in [1.807, 2.05) is 25.2 Å². The van der Waals surface area contributed by atoms with Gasteiger partial charge in [0.1, 0.15) is 5.52 Å². The van der Waals surface area contributed by atoms with E-state index in [2.05, 4.69) is 25.8 Å². The molecule has 2 aromatic heterocycles. The molecule has 3 aromatic rings. The highest BCUT2D eigenvalue weighted by Crippen LogP contribution is 2.42. The Kier molecular flexibility index (Phi) is 2.85. The SMILES string of the molecule is Cn1nnc2cc(NCc3c(Cl)n[nH]c3C3CC3)ccc21. The molecule has 2 heterocycles. The number of anilines is 1. The summed E-state index contributed by atoms with van der Waals surface area (Å²) >= 11 is 6.17. The average molecular weight is 303 g/mol. The fourth-order valence-electron chi connectivity index (χ4n) is 2.57. The second kappa shape index (κ2) is 4.73. The number of aromatic nitrogens is 5. The second-order valence-corrected chi connectivity index (χ2v) is 5.81. The number of hydrogen-bond acceptors (Lipinski definition) is 4. The van der Waals surface area contributed by atoms with Crippen LogP contribution in [0.2, 0.25) is 5.15 Å². The Labute approximate surface area is 126 Å². The van der Waals surface area contributed by atoms with Crippen molar-refractivity contribution in [2.75, 3.05) is 5.32 Å². The van der Waals surface area contributed by atoms with Crippen LogP contribution in [-0.2, 0) is 13.6 Å². The Morgan fingerprint density at radius 2 is 2.29 bits per heavy atom. The zero-order valence-electron chi connectivity index (χ0n) is 11.6. The van der Waals surface area contributed by atoms with Crippen molar-refractivity contribution in [2.45, 2.75) is 25.3 Å². The van der Waals surface area contributed by atoms with Crippen molar-refractivity contribution in [3.63, 3.8) is 0 Å². The van der Waals surface area contributed by atoms with Crippen molar-refractivity contribution < 1.29 is 0 Å². The fraction of sp³-hybridized carbons (Fsp3) is 0.357. The lowest BCUT2D eigenvalue weighted by atomic mass is 10.1. The molecule has 1 saturated carbocycles. The van der Waals surface area contributed by atoms with Gasteiger partial charge in [0, 0.05) is 36.5 Å². The maximum Gasteiger partial charge on any atom is 0.156 e. The van der Waals surface area contributed by atoms with Crippen LogP contribution in [0.4, 0.5) is 5.69 Å². The maximum atomic E-state index is 6.17. The summed E-state index contributed by atoms with van der Waals surface area (Å²) in [6.45, 7) is 0.660. The Bertz CT molecular complexity index is 801. The molecule has 6 nitrogen and oxygen atoms in total. The Morgan fingerprint density at radius 1 is 1.43 bits per heavy atom. The van der Waals surface area contributed by atoms with E-state index in [1.54, 1.807) is 4.68 Å². The highest BCUT2D eigenvalue weighted by atomic mass is 35.5. The van der Waals surface area contributed by atoms with Gasteiger partial charge in [0.2, 0.25) is 0 Å². The molecule has 0 saturated heterocycles. The van der Waals surface area contributed by atoms with Gasteiger partial charge in [-0.3, -0.25) is 5.10 Å². The Balaban J connectivity index is 1.56. The fourth-order valence-corrected chi connectivity index (χ4v) is 2.79. The maximum absolute atomic E-state index is 6.17. The summed E-state index contributed by atoms with van der Waals surface area (Å²) in [6, 6.07) is 6.03. The van der Waals surface area contributed by atoms with E-state index in [1.165, 1.54) is 18.5 Å². The molecule has 0 unspecified atom stereocenters. The minimum absolute atomic E-state index is 0.560. The molecular weight excluding hydrogens is 288 g/mol. The number of fused-ring (bicyclic) bond motifs is 1. The predicted octanol–water partition coefficient (Wildman–Crippen LogP) is 2.83. The highest BCUT2D eigenvalue weighted by Gasteiger charge is 2.29. The first-order chi connectivity index (χ1) is 10.2. The van der Waals surface area contributed by atoms with Crippen molar-refractivity contribution in [2.24, 2.45) is 7.05 Å². The van der Waals surface area contributed by atoms with Crippen LogP contribution in [0.1, 0.15) is 30.0 Å². The lowest BCUT2D eigenvalue weighted by molar-refractivity contribution is 0.736. The number of hydrogen-bond donors (Lipinski definition) is 2. The Hall–Kier alpha value is -2.08. The van der Waals surface area contributed by atoms with Crippen molar-refractivity contribution in [1.29, 1.82) is 0 Å². The van der Waals surface area contributed by atoms with E-state index < -0.39 is 0 Å². The summed E-state index contributed by atoms with van der Waals surface area (Å²) in [5.74, 6) is 0.601. The molecule has 0 bridgehead atoms. The summed E-state index contributed by atoms with van der Waals surface area (Å²) in [5, 5.41) is 19.3. The van der Waals surface area contributed by atoms with Crippen molar-refractivity contribution >= 4 is 28.3 Å². The number of H-pyrrole nitrogens is 1. The van der Waals surface area contributed by atoms with Crippen LogP contribution >= 0.6 is 11.6 Å². The molecule has 0 atom stereocenters. The van der Waals surface area contributed by atoms with Gasteiger partial charge in [0.15, 0.2) is 5.15 Å². The largest absolute Gasteiger partial charge is 0.381 e. The van der Waals surface area contributed by atoms with Crippen LogP contribution in [0.5, 0.6) is 0 Å². The summed E-state index contributed by atoms with van der Waals surface area (Å²) in [4.78, 5) is 0. The molecule has 4 rings (SSSR count). The standard InChI is InChI=1S/C14H15ClN6/c1-21-12-5-4-9(6-11(12)17-20-21)16-7-10-13(8-2-3-8)18-19-14(10)15/h4-6,8,16H,2-3,7H2,1H3,(H,18,19). The first kappa shape index (κ1) is 12.6. The summed E-state index contributed by atoms with van der Waals surface area (Å²) in [7, 11) is 1.88.